The number of phosphoric acid groups is 1. The molecular weight excluding hydrogens is 775 g/mol. The minimum atomic E-state index is -5.02. The Labute approximate surface area is 357 Å². The van der Waals surface area contributed by atoms with Crippen molar-refractivity contribution in [3.8, 4) is 0 Å². The van der Waals surface area contributed by atoms with Crippen molar-refractivity contribution in [2.45, 2.75) is 230 Å². The lowest BCUT2D eigenvalue weighted by molar-refractivity contribution is -0.220. The van der Waals surface area contributed by atoms with Crippen molar-refractivity contribution in [2.24, 2.45) is 0 Å². The van der Waals surface area contributed by atoms with Crippen molar-refractivity contribution >= 4 is 13.8 Å². The highest BCUT2D eigenvalue weighted by Crippen LogP contribution is 2.47. The van der Waals surface area contributed by atoms with Gasteiger partial charge in [-0.05, 0) is 64.2 Å². The molecule has 0 aromatic rings. The third-order valence-corrected chi connectivity index (χ3v) is 11.7. The van der Waals surface area contributed by atoms with Crippen LogP contribution in [0.5, 0.6) is 0 Å². The van der Waals surface area contributed by atoms with Crippen LogP contribution in [-0.2, 0) is 27.9 Å². The molecule has 1 fully saturated rings. The smallest absolute Gasteiger partial charge is 0.457 e. The van der Waals surface area contributed by atoms with Gasteiger partial charge in [-0.2, -0.15) is 0 Å². The summed E-state index contributed by atoms with van der Waals surface area (Å²) in [5, 5.41) is 50.1. The summed E-state index contributed by atoms with van der Waals surface area (Å²) in [5.41, 5.74) is 0. The number of carbonyl (C=O) groups is 1. The normalized spacial score (nSPS) is 22.8. The maximum absolute atomic E-state index is 12.8. The average molecular weight is 861 g/mol. The second kappa shape index (κ2) is 37.1. The molecule has 1 rings (SSSR count). The molecule has 0 aromatic carbocycles. The van der Waals surface area contributed by atoms with E-state index in [1.54, 1.807) is 0 Å². The number of ether oxygens (including phenoxy) is 2. The molecule has 1 aliphatic carbocycles. The third kappa shape index (κ3) is 29.5. The SMILES string of the molecule is CCC/C=C\CCCCCCCC(=O)OC(COCCCCCCCCCCCC/C=C\C/C=C\CCCCCCC)COP(=O)(O)OC1C(O)C(O)C(O)C(O)C1O. The molecule has 0 saturated heterocycles. The van der Waals surface area contributed by atoms with Gasteiger partial charge in [0.05, 0.1) is 13.2 Å². The van der Waals surface area contributed by atoms with Crippen LogP contribution >= 0.6 is 7.82 Å². The van der Waals surface area contributed by atoms with Crippen LogP contribution in [0.1, 0.15) is 187 Å². The Morgan fingerprint density at radius 1 is 0.542 bits per heavy atom. The van der Waals surface area contributed by atoms with Crippen LogP contribution in [-0.4, -0.2) is 98.9 Å². The zero-order chi connectivity index (χ0) is 43.4. The van der Waals surface area contributed by atoms with Gasteiger partial charge in [-0.25, -0.2) is 4.57 Å². The van der Waals surface area contributed by atoms with Crippen LogP contribution in [0.25, 0.3) is 0 Å². The quantitative estimate of drug-likeness (QED) is 0.0149. The summed E-state index contributed by atoms with van der Waals surface area (Å²) in [6, 6.07) is 0. The van der Waals surface area contributed by atoms with Crippen molar-refractivity contribution in [2.75, 3.05) is 19.8 Å². The Kier molecular flexibility index (Phi) is 35.0. The van der Waals surface area contributed by atoms with Crippen molar-refractivity contribution in [3.05, 3.63) is 36.5 Å². The minimum Gasteiger partial charge on any atom is -0.457 e. The second-order valence-electron chi connectivity index (χ2n) is 16.2. The average Bonchev–Trinajstić information content (AvgIpc) is 3.22. The van der Waals surface area contributed by atoms with Gasteiger partial charge in [0.1, 0.15) is 42.7 Å². The van der Waals surface area contributed by atoms with E-state index in [1.807, 2.05) is 0 Å². The van der Waals surface area contributed by atoms with E-state index in [0.29, 0.717) is 13.0 Å². The van der Waals surface area contributed by atoms with Crippen molar-refractivity contribution < 1.29 is 58.3 Å². The lowest BCUT2D eigenvalue weighted by Crippen LogP contribution is -2.64. The Morgan fingerprint density at radius 2 is 0.983 bits per heavy atom. The zero-order valence-electron chi connectivity index (χ0n) is 36.8. The Balaban J connectivity index is 2.32. The van der Waals surface area contributed by atoms with Crippen LogP contribution in [0, 0.1) is 0 Å². The molecule has 6 N–H and O–H groups in total. The van der Waals surface area contributed by atoms with Gasteiger partial charge in [-0.15, -0.1) is 0 Å². The van der Waals surface area contributed by atoms with Gasteiger partial charge in [0.2, 0.25) is 0 Å². The highest BCUT2D eigenvalue weighted by molar-refractivity contribution is 7.47. The molecule has 0 radical (unpaired) electrons. The summed E-state index contributed by atoms with van der Waals surface area (Å²) in [5.74, 6) is -0.490. The molecule has 6 unspecified atom stereocenters. The van der Waals surface area contributed by atoms with E-state index in [2.05, 4.69) is 50.3 Å². The number of aliphatic hydroxyl groups is 5. The molecule has 13 heteroatoms. The fourth-order valence-corrected chi connectivity index (χ4v) is 7.95. The monoisotopic (exact) mass is 861 g/mol. The van der Waals surface area contributed by atoms with E-state index in [1.165, 1.54) is 83.5 Å². The topological polar surface area (TPSA) is 192 Å². The number of aliphatic hydroxyl groups excluding tert-OH is 5. The van der Waals surface area contributed by atoms with E-state index >= 15 is 0 Å². The molecule has 59 heavy (non-hydrogen) atoms. The van der Waals surface area contributed by atoms with Gasteiger partial charge in [0.25, 0.3) is 0 Å². The standard InChI is InChI=1S/C46H85O12P/c1-3-5-7-9-11-13-15-16-17-18-19-20-21-22-23-24-25-26-28-30-32-34-36-55-37-39(57-40(47)35-33-31-29-27-14-12-10-8-6-4-2)38-56-59(53,54)58-46-44(51)42(49)41(48)43(50)45(46)52/h8,10,15-16,18-19,39,41-46,48-52H,3-7,9,11-14,17,20-38H2,1-2H3,(H,53,54)/b10-8-,16-15-,19-18-. The largest absolute Gasteiger partial charge is 0.472 e. The fraction of sp³-hybridized carbons (Fsp3) is 0.848. The summed E-state index contributed by atoms with van der Waals surface area (Å²) in [6.45, 7) is 4.16. The predicted octanol–water partition coefficient (Wildman–Crippen LogP) is 9.48. The Bertz CT molecular complexity index is 1120. The van der Waals surface area contributed by atoms with Crippen molar-refractivity contribution in [1.82, 2.24) is 0 Å². The number of unbranched alkanes of at least 4 members (excludes halogenated alkanes) is 21. The molecule has 0 aliphatic heterocycles. The number of hydrogen-bond donors (Lipinski definition) is 6. The molecule has 0 amide bonds. The van der Waals surface area contributed by atoms with E-state index < -0.39 is 63.1 Å². The number of carbonyl (C=O) groups excluding carboxylic acids is 1. The Hall–Kier alpha value is -1.44. The summed E-state index contributed by atoms with van der Waals surface area (Å²) in [4.78, 5) is 23.1. The summed E-state index contributed by atoms with van der Waals surface area (Å²) in [7, 11) is -5.02. The van der Waals surface area contributed by atoms with Gasteiger partial charge in [-0.1, -0.05) is 153 Å². The first-order chi connectivity index (χ1) is 28.5. The number of hydrogen-bond acceptors (Lipinski definition) is 11. The molecule has 346 valence electrons. The summed E-state index contributed by atoms with van der Waals surface area (Å²) < 4.78 is 34.1. The molecule has 0 bridgehead atoms. The van der Waals surface area contributed by atoms with Gasteiger partial charge in [-0.3, -0.25) is 13.8 Å². The molecule has 0 heterocycles. The molecule has 12 nitrogen and oxygen atoms in total. The van der Waals surface area contributed by atoms with Crippen LogP contribution in [0.2, 0.25) is 0 Å². The number of rotatable bonds is 39. The maximum Gasteiger partial charge on any atom is 0.472 e. The van der Waals surface area contributed by atoms with Crippen molar-refractivity contribution in [1.29, 1.82) is 0 Å². The van der Waals surface area contributed by atoms with Gasteiger partial charge < -0.3 is 39.9 Å². The molecule has 1 aliphatic rings. The highest BCUT2D eigenvalue weighted by atomic mass is 31.2. The molecule has 0 spiro atoms. The van der Waals surface area contributed by atoms with E-state index in [-0.39, 0.29) is 13.0 Å². The number of allylic oxidation sites excluding steroid dienone is 6. The lowest BCUT2D eigenvalue weighted by Gasteiger charge is -2.41. The van der Waals surface area contributed by atoms with Crippen LogP contribution in [0.15, 0.2) is 36.5 Å². The van der Waals surface area contributed by atoms with E-state index in [0.717, 1.165) is 77.0 Å². The van der Waals surface area contributed by atoms with Crippen LogP contribution < -0.4 is 0 Å². The molecule has 6 atom stereocenters. The molecule has 0 aromatic heterocycles. The highest BCUT2D eigenvalue weighted by Gasteiger charge is 2.51. The summed E-state index contributed by atoms with van der Waals surface area (Å²) >= 11 is 0. The van der Waals surface area contributed by atoms with Crippen LogP contribution in [0.4, 0.5) is 0 Å². The Morgan fingerprint density at radius 3 is 1.51 bits per heavy atom. The fourth-order valence-electron chi connectivity index (χ4n) is 6.98. The van der Waals surface area contributed by atoms with Crippen LogP contribution in [0.3, 0.4) is 0 Å². The number of esters is 1. The van der Waals surface area contributed by atoms with Gasteiger partial charge in [0, 0.05) is 13.0 Å². The van der Waals surface area contributed by atoms with E-state index in [4.69, 9.17) is 18.5 Å². The lowest BCUT2D eigenvalue weighted by atomic mass is 9.85. The maximum atomic E-state index is 12.8. The van der Waals surface area contributed by atoms with Gasteiger partial charge >= 0.3 is 13.8 Å². The predicted molar refractivity (Wildman–Crippen MR) is 235 cm³/mol. The first-order valence-electron chi connectivity index (χ1n) is 23.3. The third-order valence-electron chi connectivity index (χ3n) is 10.7. The first-order valence-corrected chi connectivity index (χ1v) is 24.8. The summed E-state index contributed by atoms with van der Waals surface area (Å²) in [6.07, 6.45) is 30.9. The molecular formula is C46H85O12P. The zero-order valence-corrected chi connectivity index (χ0v) is 37.7. The second-order valence-corrected chi connectivity index (χ2v) is 17.7. The van der Waals surface area contributed by atoms with Gasteiger partial charge in [0.15, 0.2) is 0 Å². The number of phosphoric ester groups is 1. The minimum absolute atomic E-state index is 0.0817. The van der Waals surface area contributed by atoms with E-state index in [9.17, 15) is 39.8 Å². The molecule has 1 saturated carbocycles. The first kappa shape index (κ1) is 55.6. The van der Waals surface area contributed by atoms with Crippen molar-refractivity contribution in [3.63, 3.8) is 0 Å².